The van der Waals surface area contributed by atoms with E-state index in [0.717, 1.165) is 56.5 Å². The van der Waals surface area contributed by atoms with Crippen molar-refractivity contribution in [2.75, 3.05) is 33.2 Å². The van der Waals surface area contributed by atoms with Crippen molar-refractivity contribution in [3.05, 3.63) is 51.6 Å². The van der Waals surface area contributed by atoms with E-state index >= 15 is 0 Å². The van der Waals surface area contributed by atoms with Crippen LogP contribution >= 0.6 is 24.6 Å². The Hall–Kier alpha value is -1.28. The summed E-state index contributed by atoms with van der Waals surface area (Å²) in [5.74, 6) is -0.925. The maximum Gasteiger partial charge on any atom is 0.177 e. The lowest BCUT2D eigenvalue weighted by molar-refractivity contribution is 0.144. The predicted octanol–water partition coefficient (Wildman–Crippen LogP) is 3.72. The number of hydrogen-bond donors (Lipinski definition) is 1. The zero-order valence-corrected chi connectivity index (χ0v) is 17.0. The number of hydrogen-bond acceptors (Lipinski definition) is 3. The van der Waals surface area contributed by atoms with Gasteiger partial charge in [-0.15, -0.1) is 12.4 Å². The SMILES string of the molecule is CN1CCN(Cc2c[nH]c(=S)n2C2CCc3c(F)cc(F)cc3C2)CC1.Cl. The number of halogens is 3. The van der Waals surface area contributed by atoms with Crippen molar-refractivity contribution in [3.63, 3.8) is 0 Å². The van der Waals surface area contributed by atoms with Gasteiger partial charge in [-0.05, 0) is 55.7 Å². The van der Waals surface area contributed by atoms with Gasteiger partial charge in [-0.25, -0.2) is 8.78 Å². The zero-order chi connectivity index (χ0) is 18.3. The summed E-state index contributed by atoms with van der Waals surface area (Å²) in [7, 11) is 2.15. The average molecular weight is 415 g/mol. The van der Waals surface area contributed by atoms with Gasteiger partial charge in [-0.2, -0.15) is 0 Å². The molecule has 0 amide bonds. The molecule has 0 spiro atoms. The van der Waals surface area contributed by atoms with E-state index in [2.05, 4.69) is 26.4 Å². The van der Waals surface area contributed by atoms with Crippen LogP contribution in [0.3, 0.4) is 0 Å². The highest BCUT2D eigenvalue weighted by atomic mass is 35.5. The number of fused-ring (bicyclic) bond motifs is 1. The molecule has 2 aromatic rings. The Morgan fingerprint density at radius 3 is 2.67 bits per heavy atom. The van der Waals surface area contributed by atoms with Gasteiger partial charge in [0.2, 0.25) is 0 Å². The number of nitrogens with zero attached hydrogens (tertiary/aromatic N) is 3. The summed E-state index contributed by atoms with van der Waals surface area (Å²) in [6.45, 7) is 5.07. The smallest absolute Gasteiger partial charge is 0.177 e. The van der Waals surface area contributed by atoms with E-state index in [0.29, 0.717) is 23.2 Å². The van der Waals surface area contributed by atoms with Crippen molar-refractivity contribution in [3.8, 4) is 0 Å². The quantitative estimate of drug-likeness (QED) is 0.775. The molecule has 1 unspecified atom stereocenters. The molecule has 27 heavy (non-hydrogen) atoms. The monoisotopic (exact) mass is 414 g/mol. The van der Waals surface area contributed by atoms with Crippen LogP contribution in [0.15, 0.2) is 18.3 Å². The minimum atomic E-state index is -0.503. The van der Waals surface area contributed by atoms with Crippen LogP contribution in [0.2, 0.25) is 0 Å². The van der Waals surface area contributed by atoms with Gasteiger partial charge in [0.25, 0.3) is 0 Å². The summed E-state index contributed by atoms with van der Waals surface area (Å²) in [4.78, 5) is 7.94. The van der Waals surface area contributed by atoms with E-state index < -0.39 is 11.6 Å². The normalized spacial score (nSPS) is 20.9. The van der Waals surface area contributed by atoms with Crippen LogP contribution < -0.4 is 0 Å². The van der Waals surface area contributed by atoms with E-state index in [9.17, 15) is 8.78 Å². The van der Waals surface area contributed by atoms with Crippen LogP contribution in [-0.4, -0.2) is 52.6 Å². The third kappa shape index (κ3) is 4.26. The van der Waals surface area contributed by atoms with Gasteiger partial charge in [0, 0.05) is 51.0 Å². The molecular weight excluding hydrogens is 390 g/mol. The Morgan fingerprint density at radius 2 is 1.93 bits per heavy atom. The van der Waals surface area contributed by atoms with Crippen molar-refractivity contribution in [1.29, 1.82) is 0 Å². The molecule has 0 saturated carbocycles. The zero-order valence-electron chi connectivity index (χ0n) is 15.4. The van der Waals surface area contributed by atoms with Crippen molar-refractivity contribution in [2.24, 2.45) is 0 Å². The van der Waals surface area contributed by atoms with Crippen molar-refractivity contribution in [2.45, 2.75) is 31.8 Å². The van der Waals surface area contributed by atoms with Gasteiger partial charge in [0.15, 0.2) is 4.77 Å². The number of aromatic nitrogens is 2. The molecule has 0 bridgehead atoms. The first-order valence-electron chi connectivity index (χ1n) is 9.18. The van der Waals surface area contributed by atoms with Crippen LogP contribution in [0, 0.1) is 16.4 Å². The molecule has 4 rings (SSSR count). The fourth-order valence-corrected chi connectivity index (χ4v) is 4.50. The van der Waals surface area contributed by atoms with E-state index in [4.69, 9.17) is 12.2 Å². The molecule has 1 aliphatic heterocycles. The van der Waals surface area contributed by atoms with Crippen molar-refractivity contribution >= 4 is 24.6 Å². The second-order valence-electron chi connectivity index (χ2n) is 7.46. The summed E-state index contributed by atoms with van der Waals surface area (Å²) in [5.41, 5.74) is 2.59. The molecule has 0 radical (unpaired) electrons. The molecule has 1 atom stereocenters. The number of aromatic amines is 1. The molecule has 1 aromatic heterocycles. The minimum absolute atomic E-state index is 0. The van der Waals surface area contributed by atoms with Gasteiger partial charge in [0.05, 0.1) is 5.69 Å². The molecule has 148 valence electrons. The Labute approximate surface area is 169 Å². The summed E-state index contributed by atoms with van der Waals surface area (Å²) < 4.78 is 30.5. The number of piperazine rings is 1. The Kier molecular flexibility index (Phi) is 6.35. The van der Waals surface area contributed by atoms with Crippen LogP contribution in [-0.2, 0) is 19.4 Å². The Morgan fingerprint density at radius 1 is 1.19 bits per heavy atom. The predicted molar refractivity (Wildman–Crippen MR) is 107 cm³/mol. The largest absolute Gasteiger partial charge is 0.337 e. The summed E-state index contributed by atoms with van der Waals surface area (Å²) >= 11 is 5.52. The van der Waals surface area contributed by atoms with Gasteiger partial charge in [-0.3, -0.25) is 4.90 Å². The molecule has 8 heteroatoms. The first-order valence-corrected chi connectivity index (χ1v) is 9.58. The third-order valence-corrected chi connectivity index (χ3v) is 5.99. The molecule has 2 aliphatic rings. The maximum absolute atomic E-state index is 14.0. The van der Waals surface area contributed by atoms with Crippen LogP contribution in [0.4, 0.5) is 8.78 Å². The fraction of sp³-hybridized carbons (Fsp3) is 0.526. The summed E-state index contributed by atoms with van der Waals surface area (Å²) in [5, 5.41) is 0. The average Bonchev–Trinajstić information content (AvgIpc) is 2.96. The summed E-state index contributed by atoms with van der Waals surface area (Å²) in [6, 6.07) is 2.60. The molecule has 4 nitrogen and oxygen atoms in total. The highest BCUT2D eigenvalue weighted by Crippen LogP contribution is 2.32. The lowest BCUT2D eigenvalue weighted by Crippen LogP contribution is -2.44. The Balaban J connectivity index is 0.00000210. The van der Waals surface area contributed by atoms with E-state index in [-0.39, 0.29) is 18.4 Å². The van der Waals surface area contributed by atoms with E-state index in [1.165, 1.54) is 6.07 Å². The number of benzene rings is 1. The molecule has 2 heterocycles. The van der Waals surface area contributed by atoms with E-state index in [1.54, 1.807) is 0 Å². The highest BCUT2D eigenvalue weighted by molar-refractivity contribution is 7.71. The van der Waals surface area contributed by atoms with Crippen LogP contribution in [0.5, 0.6) is 0 Å². The Bertz CT molecular complexity index is 858. The van der Waals surface area contributed by atoms with E-state index in [1.807, 2.05) is 6.20 Å². The van der Waals surface area contributed by atoms with Gasteiger partial charge >= 0.3 is 0 Å². The lowest BCUT2D eigenvalue weighted by Gasteiger charge is -2.33. The molecule has 1 aliphatic carbocycles. The second kappa shape index (κ2) is 8.39. The molecule has 1 fully saturated rings. The van der Waals surface area contributed by atoms with Crippen molar-refractivity contribution in [1.82, 2.24) is 19.4 Å². The van der Waals surface area contributed by atoms with Crippen molar-refractivity contribution < 1.29 is 8.78 Å². The fourth-order valence-electron chi connectivity index (χ4n) is 4.18. The second-order valence-corrected chi connectivity index (χ2v) is 7.84. The number of nitrogens with one attached hydrogen (secondary N) is 1. The molecule has 1 aromatic carbocycles. The minimum Gasteiger partial charge on any atom is -0.337 e. The van der Waals surface area contributed by atoms with Crippen LogP contribution in [0.1, 0.15) is 29.3 Å². The maximum atomic E-state index is 14.0. The molecule has 1 N–H and O–H groups in total. The van der Waals surface area contributed by atoms with Gasteiger partial charge in [0.1, 0.15) is 11.6 Å². The molecule has 1 saturated heterocycles. The van der Waals surface area contributed by atoms with Gasteiger partial charge in [-0.1, -0.05) is 0 Å². The number of likely N-dealkylation sites (N-methyl/N-ethyl adjacent to an activating group) is 1. The topological polar surface area (TPSA) is 27.2 Å². The lowest BCUT2D eigenvalue weighted by atomic mass is 9.87. The number of rotatable bonds is 3. The van der Waals surface area contributed by atoms with Gasteiger partial charge < -0.3 is 14.5 Å². The first-order chi connectivity index (χ1) is 12.5. The standard InChI is InChI=1S/C19H24F2N4S.ClH/c1-23-4-6-24(7-5-23)12-16-11-22-19(26)25(16)15-2-3-17-13(9-15)8-14(20)10-18(17)21;/h8,10-11,15H,2-7,9,12H2,1H3,(H,22,26);1H. The summed E-state index contributed by atoms with van der Waals surface area (Å²) in [6.07, 6.45) is 4.04. The highest BCUT2D eigenvalue weighted by Gasteiger charge is 2.26. The van der Waals surface area contributed by atoms with Crippen LogP contribution in [0.25, 0.3) is 0 Å². The number of imidazole rings is 1. The molecular formula is C19H25ClF2N4S. The number of H-pyrrole nitrogens is 1. The third-order valence-electron chi connectivity index (χ3n) is 5.67. The first kappa shape index (κ1) is 20.5.